The highest BCUT2D eigenvalue weighted by molar-refractivity contribution is 5.61. The summed E-state index contributed by atoms with van der Waals surface area (Å²) in [6, 6.07) is 4.17. The van der Waals surface area contributed by atoms with Crippen LogP contribution in [0.3, 0.4) is 0 Å². The molecule has 0 heterocycles. The molecular weight excluding hydrogens is 247 g/mol. The van der Waals surface area contributed by atoms with E-state index < -0.39 is 16.4 Å². The molecular formula is C14H19FN2O2. The minimum absolute atomic E-state index is 0.281. The van der Waals surface area contributed by atoms with Crippen LogP contribution in [0, 0.1) is 27.8 Å². The van der Waals surface area contributed by atoms with E-state index in [1.54, 1.807) is 6.07 Å². The molecule has 0 radical (unpaired) electrons. The summed E-state index contributed by atoms with van der Waals surface area (Å²) >= 11 is 0. The maximum atomic E-state index is 13.4. The van der Waals surface area contributed by atoms with Crippen molar-refractivity contribution in [1.82, 2.24) is 0 Å². The van der Waals surface area contributed by atoms with Crippen molar-refractivity contribution < 1.29 is 9.31 Å². The molecule has 1 N–H and O–H groups in total. The Kier molecular flexibility index (Phi) is 4.35. The van der Waals surface area contributed by atoms with E-state index in [0.717, 1.165) is 18.9 Å². The maximum Gasteiger partial charge on any atom is 0.327 e. The van der Waals surface area contributed by atoms with Gasteiger partial charge in [0.05, 0.1) is 4.92 Å². The zero-order chi connectivity index (χ0) is 13.8. The van der Waals surface area contributed by atoms with E-state index in [1.807, 2.05) is 0 Å². The van der Waals surface area contributed by atoms with Crippen LogP contribution in [0.1, 0.15) is 32.6 Å². The van der Waals surface area contributed by atoms with Gasteiger partial charge in [-0.2, -0.15) is 4.39 Å². The lowest BCUT2D eigenvalue weighted by Gasteiger charge is -2.27. The fraction of sp³-hybridized carbons (Fsp3) is 0.571. The largest absolute Gasteiger partial charge is 0.379 e. The molecule has 0 aliphatic heterocycles. The number of nitro benzene ring substituents is 1. The number of nitro groups is 1. The number of rotatable bonds is 4. The summed E-state index contributed by atoms with van der Waals surface area (Å²) in [6.07, 6.45) is 4.74. The van der Waals surface area contributed by atoms with Crippen LogP contribution in [0.4, 0.5) is 15.8 Å². The van der Waals surface area contributed by atoms with Crippen molar-refractivity contribution in [2.24, 2.45) is 11.8 Å². The Morgan fingerprint density at radius 1 is 1.47 bits per heavy atom. The third-order valence-corrected chi connectivity index (χ3v) is 3.80. The molecule has 19 heavy (non-hydrogen) atoms. The summed E-state index contributed by atoms with van der Waals surface area (Å²) in [4.78, 5) is 10.2. The lowest BCUT2D eigenvalue weighted by molar-refractivity contribution is -0.386. The van der Waals surface area contributed by atoms with Gasteiger partial charge in [-0.25, -0.2) is 0 Å². The fourth-order valence-corrected chi connectivity index (χ4v) is 2.84. The van der Waals surface area contributed by atoms with Crippen LogP contribution in [0.15, 0.2) is 18.2 Å². The number of nitrogens with zero attached hydrogens (tertiary/aromatic N) is 1. The summed E-state index contributed by atoms with van der Waals surface area (Å²) in [5.74, 6) is 0.446. The van der Waals surface area contributed by atoms with Gasteiger partial charge in [-0.15, -0.1) is 0 Å². The van der Waals surface area contributed by atoms with Gasteiger partial charge in [0.15, 0.2) is 0 Å². The number of benzene rings is 1. The highest BCUT2D eigenvalue weighted by Gasteiger charge is 2.22. The number of hydrogen-bond acceptors (Lipinski definition) is 3. The van der Waals surface area contributed by atoms with Crippen molar-refractivity contribution >= 4 is 11.4 Å². The predicted molar refractivity (Wildman–Crippen MR) is 72.7 cm³/mol. The van der Waals surface area contributed by atoms with Crippen molar-refractivity contribution in [3.63, 3.8) is 0 Å². The molecule has 0 amide bonds. The first-order chi connectivity index (χ1) is 9.08. The van der Waals surface area contributed by atoms with E-state index in [2.05, 4.69) is 12.2 Å². The highest BCUT2D eigenvalue weighted by Crippen LogP contribution is 2.31. The van der Waals surface area contributed by atoms with Gasteiger partial charge in [0.1, 0.15) is 5.69 Å². The number of halogens is 1. The van der Waals surface area contributed by atoms with E-state index in [1.165, 1.54) is 18.9 Å². The van der Waals surface area contributed by atoms with Crippen LogP contribution < -0.4 is 5.32 Å². The Labute approximate surface area is 112 Å². The second kappa shape index (κ2) is 5.99. The SMILES string of the molecule is CC1CCCC(CNc2cccc(F)c2[N+](=O)[O-])C1. The molecule has 4 nitrogen and oxygen atoms in total. The van der Waals surface area contributed by atoms with Crippen LogP contribution in [-0.2, 0) is 0 Å². The molecule has 1 aliphatic rings. The Morgan fingerprint density at radius 2 is 2.26 bits per heavy atom. The van der Waals surface area contributed by atoms with E-state index >= 15 is 0 Å². The normalized spacial score (nSPS) is 23.1. The predicted octanol–water partition coefficient (Wildman–Crippen LogP) is 3.97. The van der Waals surface area contributed by atoms with Crippen molar-refractivity contribution in [2.75, 3.05) is 11.9 Å². The molecule has 2 atom stereocenters. The van der Waals surface area contributed by atoms with E-state index in [4.69, 9.17) is 0 Å². The van der Waals surface area contributed by atoms with Crippen molar-refractivity contribution in [3.05, 3.63) is 34.1 Å². The molecule has 2 unspecified atom stereocenters. The zero-order valence-corrected chi connectivity index (χ0v) is 11.1. The molecule has 1 saturated carbocycles. The molecule has 1 aliphatic carbocycles. The number of nitrogens with one attached hydrogen (secondary N) is 1. The van der Waals surface area contributed by atoms with Gasteiger partial charge in [-0.05, 0) is 36.8 Å². The summed E-state index contributed by atoms with van der Waals surface area (Å²) in [5.41, 5.74) is -0.172. The molecule has 0 spiro atoms. The minimum atomic E-state index is -0.785. The quantitative estimate of drug-likeness (QED) is 0.662. The lowest BCUT2D eigenvalue weighted by Crippen LogP contribution is -2.21. The van der Waals surface area contributed by atoms with E-state index in [-0.39, 0.29) is 5.69 Å². The van der Waals surface area contributed by atoms with Gasteiger partial charge in [-0.1, -0.05) is 25.8 Å². The lowest BCUT2D eigenvalue weighted by atomic mass is 9.82. The molecule has 5 heteroatoms. The van der Waals surface area contributed by atoms with Crippen molar-refractivity contribution in [3.8, 4) is 0 Å². The summed E-state index contributed by atoms with van der Waals surface area (Å²) < 4.78 is 13.4. The molecule has 1 aromatic carbocycles. The number of hydrogen-bond donors (Lipinski definition) is 1. The second-order valence-electron chi connectivity index (χ2n) is 5.41. The van der Waals surface area contributed by atoms with E-state index in [9.17, 15) is 14.5 Å². The van der Waals surface area contributed by atoms with Gasteiger partial charge in [0, 0.05) is 6.54 Å². The molecule has 1 aromatic rings. The van der Waals surface area contributed by atoms with Crippen LogP contribution in [0.25, 0.3) is 0 Å². The summed E-state index contributed by atoms with van der Waals surface area (Å²) in [5, 5.41) is 13.9. The van der Waals surface area contributed by atoms with Gasteiger partial charge >= 0.3 is 5.69 Å². The average molecular weight is 266 g/mol. The average Bonchev–Trinajstić information content (AvgIpc) is 2.36. The Bertz CT molecular complexity index is 465. The molecule has 2 rings (SSSR count). The molecule has 104 valence electrons. The third-order valence-electron chi connectivity index (χ3n) is 3.80. The van der Waals surface area contributed by atoms with Crippen LogP contribution in [-0.4, -0.2) is 11.5 Å². The first-order valence-corrected chi connectivity index (χ1v) is 6.74. The van der Waals surface area contributed by atoms with Gasteiger partial charge in [0.25, 0.3) is 0 Å². The Morgan fingerprint density at radius 3 is 2.95 bits per heavy atom. The maximum absolute atomic E-state index is 13.4. The molecule has 0 aromatic heterocycles. The molecule has 0 saturated heterocycles. The first-order valence-electron chi connectivity index (χ1n) is 6.74. The standard InChI is InChI=1S/C14H19FN2O2/c1-10-4-2-5-11(8-10)9-16-13-7-3-6-12(15)14(13)17(18)19/h3,6-7,10-11,16H,2,4-5,8-9H2,1H3. The third kappa shape index (κ3) is 3.43. The second-order valence-corrected chi connectivity index (χ2v) is 5.41. The van der Waals surface area contributed by atoms with Crippen molar-refractivity contribution in [1.29, 1.82) is 0 Å². The zero-order valence-electron chi connectivity index (χ0n) is 11.1. The van der Waals surface area contributed by atoms with Crippen LogP contribution in [0.2, 0.25) is 0 Å². The first kappa shape index (κ1) is 13.8. The molecule has 0 bridgehead atoms. The Balaban J connectivity index is 2.03. The van der Waals surface area contributed by atoms with Gasteiger partial charge in [0.2, 0.25) is 5.82 Å². The van der Waals surface area contributed by atoms with Crippen molar-refractivity contribution in [2.45, 2.75) is 32.6 Å². The van der Waals surface area contributed by atoms with Gasteiger partial charge in [-0.3, -0.25) is 10.1 Å². The number of anilines is 1. The highest BCUT2D eigenvalue weighted by atomic mass is 19.1. The topological polar surface area (TPSA) is 55.2 Å². The summed E-state index contributed by atoms with van der Waals surface area (Å²) in [6.45, 7) is 2.91. The summed E-state index contributed by atoms with van der Waals surface area (Å²) in [7, 11) is 0. The van der Waals surface area contributed by atoms with Crippen LogP contribution in [0.5, 0.6) is 0 Å². The van der Waals surface area contributed by atoms with Crippen LogP contribution >= 0.6 is 0 Å². The number of para-hydroxylation sites is 1. The van der Waals surface area contributed by atoms with E-state index in [0.29, 0.717) is 18.4 Å². The smallest absolute Gasteiger partial charge is 0.327 e. The fourth-order valence-electron chi connectivity index (χ4n) is 2.84. The monoisotopic (exact) mass is 266 g/mol. The van der Waals surface area contributed by atoms with Gasteiger partial charge < -0.3 is 5.32 Å². The molecule has 1 fully saturated rings. The Hall–Kier alpha value is -1.65. The minimum Gasteiger partial charge on any atom is -0.379 e.